The molecule has 0 bridgehead atoms. The molecular formula is C12H24N2O. The van der Waals surface area contributed by atoms with Gasteiger partial charge in [0.05, 0.1) is 5.60 Å². The van der Waals surface area contributed by atoms with Crippen LogP contribution in [0.25, 0.3) is 0 Å². The number of likely N-dealkylation sites (tertiary alicyclic amines) is 1. The molecule has 2 fully saturated rings. The molecule has 0 aromatic carbocycles. The summed E-state index contributed by atoms with van der Waals surface area (Å²) < 4.78 is 0. The number of piperidine rings is 1. The lowest BCUT2D eigenvalue weighted by molar-refractivity contribution is -0.0529. The molecule has 2 aliphatic rings. The summed E-state index contributed by atoms with van der Waals surface area (Å²) in [7, 11) is 2.11. The van der Waals surface area contributed by atoms with Crippen molar-refractivity contribution in [2.75, 3.05) is 26.7 Å². The first-order valence-corrected chi connectivity index (χ1v) is 6.35. The van der Waals surface area contributed by atoms with Gasteiger partial charge in [0.15, 0.2) is 0 Å². The SMILES string of the molecule is CN1CCCC(O)(C2CCCCCN2)C1. The number of hydrogen-bond acceptors (Lipinski definition) is 3. The number of nitrogens with zero attached hydrogens (tertiary/aromatic N) is 1. The van der Waals surface area contributed by atoms with Crippen LogP contribution in [0.5, 0.6) is 0 Å². The highest BCUT2D eigenvalue weighted by molar-refractivity contribution is 4.96. The van der Waals surface area contributed by atoms with Crippen LogP contribution in [0.15, 0.2) is 0 Å². The molecule has 0 amide bonds. The first kappa shape index (κ1) is 11.4. The van der Waals surface area contributed by atoms with Gasteiger partial charge < -0.3 is 15.3 Å². The second kappa shape index (κ2) is 4.81. The third-order valence-corrected chi connectivity index (χ3v) is 3.90. The average Bonchev–Trinajstić information content (AvgIpc) is 2.45. The summed E-state index contributed by atoms with van der Waals surface area (Å²) >= 11 is 0. The maximum atomic E-state index is 10.7. The van der Waals surface area contributed by atoms with E-state index in [1.807, 2.05) is 0 Å². The number of hydrogen-bond donors (Lipinski definition) is 2. The van der Waals surface area contributed by atoms with Crippen molar-refractivity contribution in [2.45, 2.75) is 50.2 Å². The van der Waals surface area contributed by atoms with Crippen LogP contribution in [0.1, 0.15) is 38.5 Å². The summed E-state index contributed by atoms with van der Waals surface area (Å²) in [4.78, 5) is 2.26. The normalized spacial score (nSPS) is 40.0. The van der Waals surface area contributed by atoms with E-state index < -0.39 is 5.60 Å². The van der Waals surface area contributed by atoms with Gasteiger partial charge in [-0.15, -0.1) is 0 Å². The molecule has 0 aromatic rings. The largest absolute Gasteiger partial charge is 0.387 e. The van der Waals surface area contributed by atoms with E-state index in [1.54, 1.807) is 0 Å². The Hall–Kier alpha value is -0.120. The van der Waals surface area contributed by atoms with Gasteiger partial charge in [0, 0.05) is 12.6 Å². The fourth-order valence-electron chi connectivity index (χ4n) is 3.05. The third-order valence-electron chi connectivity index (χ3n) is 3.90. The Labute approximate surface area is 92.8 Å². The van der Waals surface area contributed by atoms with E-state index in [2.05, 4.69) is 17.3 Å². The van der Waals surface area contributed by atoms with E-state index >= 15 is 0 Å². The predicted molar refractivity (Wildman–Crippen MR) is 61.9 cm³/mol. The molecule has 2 atom stereocenters. The Morgan fingerprint density at radius 1 is 1.27 bits per heavy atom. The molecule has 3 heteroatoms. The number of likely N-dealkylation sites (N-methyl/N-ethyl adjacent to an activating group) is 1. The number of rotatable bonds is 1. The van der Waals surface area contributed by atoms with E-state index in [9.17, 15) is 5.11 Å². The molecular weight excluding hydrogens is 188 g/mol. The average molecular weight is 212 g/mol. The van der Waals surface area contributed by atoms with Crippen molar-refractivity contribution >= 4 is 0 Å². The van der Waals surface area contributed by atoms with Crippen LogP contribution in [-0.2, 0) is 0 Å². The van der Waals surface area contributed by atoms with Crippen molar-refractivity contribution in [3.8, 4) is 0 Å². The standard InChI is InChI=1S/C12H24N2O/c1-14-9-5-7-12(15,10-14)11-6-3-2-4-8-13-11/h11,13,15H,2-10H2,1H3. The molecule has 0 saturated carbocycles. The monoisotopic (exact) mass is 212 g/mol. The van der Waals surface area contributed by atoms with Crippen molar-refractivity contribution in [1.29, 1.82) is 0 Å². The van der Waals surface area contributed by atoms with Crippen LogP contribution < -0.4 is 5.32 Å². The Bertz CT molecular complexity index is 202. The van der Waals surface area contributed by atoms with Crippen LogP contribution in [0.2, 0.25) is 0 Å². The van der Waals surface area contributed by atoms with Crippen molar-refractivity contribution in [3.63, 3.8) is 0 Å². The molecule has 0 aromatic heterocycles. The third kappa shape index (κ3) is 2.71. The van der Waals surface area contributed by atoms with Crippen LogP contribution >= 0.6 is 0 Å². The van der Waals surface area contributed by atoms with E-state index in [0.29, 0.717) is 6.04 Å². The first-order valence-electron chi connectivity index (χ1n) is 6.35. The van der Waals surface area contributed by atoms with Crippen LogP contribution in [0.4, 0.5) is 0 Å². The summed E-state index contributed by atoms with van der Waals surface area (Å²) in [5, 5.41) is 14.2. The maximum Gasteiger partial charge on any atom is 0.0926 e. The Balaban J connectivity index is 1.98. The fraction of sp³-hybridized carbons (Fsp3) is 1.00. The fourth-order valence-corrected chi connectivity index (χ4v) is 3.05. The predicted octanol–water partition coefficient (Wildman–Crippen LogP) is 0.975. The van der Waals surface area contributed by atoms with Gasteiger partial charge >= 0.3 is 0 Å². The lowest BCUT2D eigenvalue weighted by atomic mass is 9.83. The van der Waals surface area contributed by atoms with Crippen molar-refractivity contribution in [3.05, 3.63) is 0 Å². The Morgan fingerprint density at radius 3 is 2.93 bits per heavy atom. The van der Waals surface area contributed by atoms with Crippen LogP contribution in [0, 0.1) is 0 Å². The van der Waals surface area contributed by atoms with E-state index in [4.69, 9.17) is 0 Å². The van der Waals surface area contributed by atoms with Gasteiger partial charge in [0.25, 0.3) is 0 Å². The molecule has 3 nitrogen and oxygen atoms in total. The quantitative estimate of drug-likeness (QED) is 0.680. The highest BCUT2D eigenvalue weighted by Gasteiger charge is 2.39. The first-order chi connectivity index (χ1) is 7.21. The highest BCUT2D eigenvalue weighted by atomic mass is 16.3. The highest BCUT2D eigenvalue weighted by Crippen LogP contribution is 2.27. The molecule has 0 radical (unpaired) electrons. The zero-order valence-electron chi connectivity index (χ0n) is 9.84. The van der Waals surface area contributed by atoms with E-state index in [-0.39, 0.29) is 0 Å². The summed E-state index contributed by atoms with van der Waals surface area (Å²) in [6.07, 6.45) is 7.09. The maximum absolute atomic E-state index is 10.7. The lowest BCUT2D eigenvalue weighted by Gasteiger charge is -2.42. The van der Waals surface area contributed by atoms with E-state index in [0.717, 1.165) is 38.9 Å². The second-order valence-electron chi connectivity index (χ2n) is 5.30. The number of nitrogens with one attached hydrogen (secondary N) is 1. The van der Waals surface area contributed by atoms with Gasteiger partial charge in [0.2, 0.25) is 0 Å². The number of β-amino-alcohol motifs (C(OH)–C–C–N with tert-alkyl or cyclic N) is 1. The van der Waals surface area contributed by atoms with Gasteiger partial charge in [-0.1, -0.05) is 12.8 Å². The molecule has 2 N–H and O–H groups in total. The second-order valence-corrected chi connectivity index (χ2v) is 5.30. The zero-order chi connectivity index (χ0) is 10.7. The summed E-state index contributed by atoms with van der Waals surface area (Å²) in [6, 6.07) is 0.322. The Morgan fingerprint density at radius 2 is 2.13 bits per heavy atom. The molecule has 0 aliphatic carbocycles. The smallest absolute Gasteiger partial charge is 0.0926 e. The summed E-state index contributed by atoms with van der Waals surface area (Å²) in [6.45, 7) is 3.05. The molecule has 15 heavy (non-hydrogen) atoms. The molecule has 0 spiro atoms. The van der Waals surface area contributed by atoms with Crippen LogP contribution in [0.3, 0.4) is 0 Å². The van der Waals surface area contributed by atoms with Crippen molar-refractivity contribution in [1.82, 2.24) is 10.2 Å². The van der Waals surface area contributed by atoms with Gasteiger partial charge in [-0.3, -0.25) is 0 Å². The summed E-state index contributed by atoms with van der Waals surface area (Å²) in [5.41, 5.74) is -0.475. The molecule has 88 valence electrons. The minimum Gasteiger partial charge on any atom is -0.387 e. The van der Waals surface area contributed by atoms with Crippen molar-refractivity contribution in [2.24, 2.45) is 0 Å². The number of aliphatic hydroxyl groups is 1. The van der Waals surface area contributed by atoms with Gasteiger partial charge in [0.1, 0.15) is 0 Å². The minimum absolute atomic E-state index is 0.322. The molecule has 2 unspecified atom stereocenters. The summed E-state index contributed by atoms with van der Waals surface area (Å²) in [5.74, 6) is 0. The van der Waals surface area contributed by atoms with E-state index in [1.165, 1.54) is 19.3 Å². The minimum atomic E-state index is -0.475. The Kier molecular flexibility index (Phi) is 3.65. The lowest BCUT2D eigenvalue weighted by Crippen LogP contribution is -2.58. The molecule has 2 rings (SSSR count). The topological polar surface area (TPSA) is 35.5 Å². The van der Waals surface area contributed by atoms with Gasteiger partial charge in [-0.25, -0.2) is 0 Å². The molecule has 2 aliphatic heterocycles. The van der Waals surface area contributed by atoms with Crippen LogP contribution in [-0.4, -0.2) is 48.3 Å². The molecule has 2 heterocycles. The van der Waals surface area contributed by atoms with Crippen molar-refractivity contribution < 1.29 is 5.11 Å². The molecule has 2 saturated heterocycles. The van der Waals surface area contributed by atoms with Gasteiger partial charge in [-0.2, -0.15) is 0 Å². The zero-order valence-corrected chi connectivity index (χ0v) is 9.84. The van der Waals surface area contributed by atoms with Gasteiger partial charge in [-0.05, 0) is 45.8 Å².